The molecule has 2 N–H and O–H groups in total. The smallest absolute Gasteiger partial charge is 0.398 e. The van der Waals surface area contributed by atoms with E-state index in [1.165, 1.54) is 5.56 Å². The van der Waals surface area contributed by atoms with Crippen LogP contribution in [-0.2, 0) is 31.2 Å². The molecule has 0 radical (unpaired) electrons. The first-order valence-electron chi connectivity index (χ1n) is 10.6. The molecule has 0 bridgehead atoms. The molecule has 0 saturated carbocycles. The lowest BCUT2D eigenvalue weighted by Crippen LogP contribution is -2.12. The molecule has 0 aromatic heterocycles. The minimum atomic E-state index is -4.70. The summed E-state index contributed by atoms with van der Waals surface area (Å²) in [6.45, 7) is 0. The third kappa shape index (κ3) is 6.07. The summed E-state index contributed by atoms with van der Waals surface area (Å²) in [5.74, 6) is 1.02. The zero-order chi connectivity index (χ0) is 24.1. The largest absolute Gasteiger partial charge is 0.507 e. The number of benzene rings is 4. The highest BCUT2D eigenvalue weighted by Gasteiger charge is 2.23. The van der Waals surface area contributed by atoms with Crippen molar-refractivity contribution < 1.29 is 22.3 Å². The Bertz CT molecular complexity index is 1360. The number of hydrogen-bond acceptors (Lipinski definition) is 4. The molecule has 0 spiro atoms. The first-order chi connectivity index (χ1) is 16.3. The highest BCUT2D eigenvalue weighted by molar-refractivity contribution is 7.95. The van der Waals surface area contributed by atoms with Crippen molar-refractivity contribution in [1.29, 1.82) is 0 Å². The van der Waals surface area contributed by atoms with Gasteiger partial charge < -0.3 is 5.11 Å². The van der Waals surface area contributed by atoms with Gasteiger partial charge in [-0.15, -0.1) is 0 Å². The van der Waals surface area contributed by atoms with Crippen LogP contribution in [0.5, 0.6) is 5.75 Å². The number of aromatic hydroxyl groups is 1. The Balaban J connectivity index is 1.69. The zero-order valence-electron chi connectivity index (χ0n) is 18.5. The van der Waals surface area contributed by atoms with E-state index in [2.05, 4.69) is 18.4 Å². The van der Waals surface area contributed by atoms with Crippen LogP contribution in [-0.4, -0.2) is 24.3 Å². The van der Waals surface area contributed by atoms with E-state index in [9.17, 15) is 18.1 Å². The van der Waals surface area contributed by atoms with Crippen LogP contribution in [0.2, 0.25) is 0 Å². The molecule has 34 heavy (non-hydrogen) atoms. The Morgan fingerprint density at radius 3 is 2.15 bits per heavy atom. The summed E-state index contributed by atoms with van der Waals surface area (Å²) in [5.41, 5.74) is 3.72. The average molecular weight is 494 g/mol. The van der Waals surface area contributed by atoms with E-state index in [-0.39, 0.29) is 16.6 Å². The molecule has 2 atom stereocenters. The highest BCUT2D eigenvalue weighted by Crippen LogP contribution is 2.35. The molecule has 2 unspecified atom stereocenters. The monoisotopic (exact) mass is 493 g/mol. The Kier molecular flexibility index (Phi) is 7.38. The van der Waals surface area contributed by atoms with Gasteiger partial charge in [0.1, 0.15) is 23.9 Å². The third-order valence-electron chi connectivity index (χ3n) is 5.42. The lowest BCUT2D eigenvalue weighted by atomic mass is 9.97. The Morgan fingerprint density at radius 1 is 0.824 bits per heavy atom. The molecule has 0 aliphatic heterocycles. The summed E-state index contributed by atoms with van der Waals surface area (Å²) in [6, 6.07) is 31.8. The summed E-state index contributed by atoms with van der Waals surface area (Å²) in [4.78, 5) is 1.11. The SMILES string of the molecule is C[S+](Cc1ccccc1)c1ccc(O)c(-c2cccc(C(OS(=O)(=O)O)c3ccccc3)c2)c1. The van der Waals surface area contributed by atoms with E-state index >= 15 is 0 Å². The molecule has 4 rings (SSSR count). The van der Waals surface area contributed by atoms with Crippen molar-refractivity contribution in [2.24, 2.45) is 0 Å². The molecule has 0 saturated heterocycles. The molecule has 0 aliphatic rings. The standard InChI is InChI=1S/C27H24O5S2/c1-33(19-20-9-4-2-5-10-20)24-15-16-26(28)25(18-24)22-13-8-14-23(17-22)27(32-34(29,30)31)21-11-6-3-7-12-21/h2-18,27H,19H2,1H3,(H-,28,29,30,31)/p+1. The average Bonchev–Trinajstić information content (AvgIpc) is 2.83. The van der Waals surface area contributed by atoms with Gasteiger partial charge in [-0.3, -0.25) is 4.55 Å². The molecule has 4 aromatic rings. The molecule has 7 heteroatoms. The van der Waals surface area contributed by atoms with Crippen LogP contribution >= 0.6 is 0 Å². The van der Waals surface area contributed by atoms with Gasteiger partial charge in [0, 0.05) is 28.1 Å². The minimum Gasteiger partial charge on any atom is -0.507 e. The fourth-order valence-electron chi connectivity index (χ4n) is 3.79. The van der Waals surface area contributed by atoms with Gasteiger partial charge in [0.05, 0.1) is 0 Å². The zero-order valence-corrected chi connectivity index (χ0v) is 20.2. The lowest BCUT2D eigenvalue weighted by molar-refractivity contribution is 0.217. The summed E-state index contributed by atoms with van der Waals surface area (Å²) in [5, 5.41) is 10.6. The first kappa shape index (κ1) is 24.0. The molecule has 5 nitrogen and oxygen atoms in total. The number of phenols is 1. The topological polar surface area (TPSA) is 83.8 Å². The second-order valence-corrected chi connectivity index (χ2v) is 11.0. The molecule has 0 aliphatic carbocycles. The first-order valence-corrected chi connectivity index (χ1v) is 13.8. The maximum atomic E-state index is 11.6. The molecular weight excluding hydrogens is 468 g/mol. The van der Waals surface area contributed by atoms with Gasteiger partial charge in [-0.2, -0.15) is 8.42 Å². The van der Waals surface area contributed by atoms with Crippen molar-refractivity contribution in [3.8, 4) is 16.9 Å². The molecule has 0 heterocycles. The number of rotatable bonds is 8. The van der Waals surface area contributed by atoms with E-state index in [0.29, 0.717) is 22.3 Å². The van der Waals surface area contributed by atoms with Gasteiger partial charge in [-0.25, -0.2) is 4.18 Å². The van der Waals surface area contributed by atoms with E-state index < -0.39 is 16.5 Å². The van der Waals surface area contributed by atoms with E-state index in [0.717, 1.165) is 10.6 Å². The molecule has 0 amide bonds. The van der Waals surface area contributed by atoms with Crippen LogP contribution < -0.4 is 0 Å². The second-order valence-electron chi connectivity index (χ2n) is 7.89. The van der Waals surface area contributed by atoms with Crippen molar-refractivity contribution in [2.75, 3.05) is 6.26 Å². The van der Waals surface area contributed by atoms with Gasteiger partial charge in [0.2, 0.25) is 0 Å². The normalized spacial score (nSPS) is 13.4. The highest BCUT2D eigenvalue weighted by atomic mass is 32.3. The summed E-state index contributed by atoms with van der Waals surface area (Å²) >= 11 is 0. The van der Waals surface area contributed by atoms with Crippen molar-refractivity contribution in [3.05, 3.63) is 120 Å². The van der Waals surface area contributed by atoms with Crippen LogP contribution in [0, 0.1) is 0 Å². The van der Waals surface area contributed by atoms with Crippen LogP contribution in [0.3, 0.4) is 0 Å². The Labute approximate surface area is 203 Å². The Hall–Kier alpha value is -3.10. The fourth-order valence-corrected chi connectivity index (χ4v) is 5.74. The predicted molar refractivity (Wildman–Crippen MR) is 136 cm³/mol. The predicted octanol–water partition coefficient (Wildman–Crippen LogP) is 5.78. The third-order valence-corrected chi connectivity index (χ3v) is 7.68. The van der Waals surface area contributed by atoms with Gasteiger partial charge >= 0.3 is 10.4 Å². The van der Waals surface area contributed by atoms with E-state index in [1.807, 2.05) is 42.5 Å². The molecule has 174 valence electrons. The maximum absolute atomic E-state index is 11.6. The van der Waals surface area contributed by atoms with Crippen molar-refractivity contribution in [2.45, 2.75) is 16.8 Å². The van der Waals surface area contributed by atoms with E-state index in [4.69, 9.17) is 4.18 Å². The van der Waals surface area contributed by atoms with Gasteiger partial charge in [-0.05, 0) is 34.9 Å². The second kappa shape index (κ2) is 10.4. The van der Waals surface area contributed by atoms with Crippen LogP contribution in [0.4, 0.5) is 0 Å². The molecule has 4 aromatic carbocycles. The van der Waals surface area contributed by atoms with Crippen molar-refractivity contribution in [1.82, 2.24) is 0 Å². The van der Waals surface area contributed by atoms with Crippen LogP contribution in [0.1, 0.15) is 22.8 Å². The summed E-state index contributed by atoms with van der Waals surface area (Å²) < 4.78 is 37.5. The van der Waals surface area contributed by atoms with Crippen LogP contribution in [0.25, 0.3) is 11.1 Å². The Morgan fingerprint density at radius 2 is 1.47 bits per heavy atom. The number of hydrogen-bond donors (Lipinski definition) is 2. The summed E-state index contributed by atoms with van der Waals surface area (Å²) in [7, 11) is -4.78. The van der Waals surface area contributed by atoms with Crippen LogP contribution in [0.15, 0.2) is 108 Å². The van der Waals surface area contributed by atoms with Gasteiger partial charge in [0.25, 0.3) is 0 Å². The van der Waals surface area contributed by atoms with Gasteiger partial charge in [0.15, 0.2) is 4.90 Å². The van der Waals surface area contributed by atoms with Crippen molar-refractivity contribution in [3.63, 3.8) is 0 Å². The quantitative estimate of drug-likeness (QED) is 0.240. The lowest BCUT2D eigenvalue weighted by Gasteiger charge is -2.18. The van der Waals surface area contributed by atoms with Gasteiger partial charge in [-0.1, -0.05) is 78.9 Å². The minimum absolute atomic E-state index is 0.0821. The summed E-state index contributed by atoms with van der Waals surface area (Å²) in [6.07, 6.45) is 1.14. The number of phenolic OH excluding ortho intramolecular Hbond substituents is 1. The van der Waals surface area contributed by atoms with E-state index in [1.54, 1.807) is 48.5 Å². The maximum Gasteiger partial charge on any atom is 0.398 e. The molecular formula is C27H25O5S2+. The van der Waals surface area contributed by atoms with Crippen molar-refractivity contribution >= 4 is 21.3 Å². The molecule has 0 fully saturated rings. The fraction of sp³-hybridized carbons (Fsp3) is 0.111.